The number of ether oxygens (including phenoxy) is 2. The topological polar surface area (TPSA) is 139 Å². The Bertz CT molecular complexity index is 1470. The summed E-state index contributed by atoms with van der Waals surface area (Å²) in [5.74, 6) is 1.43. The maximum Gasteiger partial charge on any atom is 0.371 e. The Morgan fingerprint density at radius 1 is 0.822 bits per heavy atom. The van der Waals surface area contributed by atoms with Crippen LogP contribution >= 0.6 is 23.2 Å². The average Bonchev–Trinajstić information content (AvgIpc) is 3.50. The minimum absolute atomic E-state index is 0.00276. The molecule has 2 aliphatic heterocycles. The van der Waals surface area contributed by atoms with Gasteiger partial charge in [-0.25, -0.2) is 16.8 Å². The zero-order valence-corrected chi connectivity index (χ0v) is 28.5. The van der Waals surface area contributed by atoms with E-state index in [2.05, 4.69) is 11.5 Å². The number of nitrogens with zero attached hydrogens (tertiary/aromatic N) is 2. The largest absolute Gasteiger partial charge is 0.748 e. The summed E-state index contributed by atoms with van der Waals surface area (Å²) >= 11 is 13.8. The van der Waals surface area contributed by atoms with Crippen LogP contribution in [0.4, 0.5) is 0 Å². The van der Waals surface area contributed by atoms with Gasteiger partial charge in [-0.05, 0) is 56.1 Å². The minimum atomic E-state index is -4.35. The van der Waals surface area contributed by atoms with E-state index in [-0.39, 0.29) is 47.9 Å². The molecule has 0 N–H and O–H groups in total. The van der Waals surface area contributed by atoms with Crippen LogP contribution in [0.2, 0.25) is 0 Å². The number of hydrogen-bond donors (Lipinski definition) is 0. The summed E-state index contributed by atoms with van der Waals surface area (Å²) in [4.78, 5) is 2.00. The molecule has 4 saturated carbocycles. The molecule has 0 aromatic carbocycles. The molecule has 0 aromatic heterocycles. The Morgan fingerprint density at radius 3 is 2.04 bits per heavy atom. The van der Waals surface area contributed by atoms with E-state index in [0.29, 0.717) is 61.4 Å². The fourth-order valence-electron chi connectivity index (χ4n) is 9.14. The molecule has 6 rings (SSSR count). The van der Waals surface area contributed by atoms with Gasteiger partial charge in [-0.1, -0.05) is 31.4 Å². The summed E-state index contributed by atoms with van der Waals surface area (Å²) in [5, 5.41) is -0.000558. The highest BCUT2D eigenvalue weighted by Crippen LogP contribution is 2.49. The molecule has 0 amide bonds. The molecule has 0 bridgehead atoms. The highest BCUT2D eigenvalue weighted by atomic mass is 35.5. The molecule has 14 heteroatoms. The van der Waals surface area contributed by atoms with Crippen molar-refractivity contribution in [2.24, 2.45) is 23.7 Å². The van der Waals surface area contributed by atoms with E-state index in [1.807, 2.05) is 9.48 Å². The van der Waals surface area contributed by atoms with Gasteiger partial charge in [-0.15, -0.1) is 23.2 Å². The zero-order chi connectivity index (χ0) is 31.9. The molecule has 0 radical (unpaired) electrons. The van der Waals surface area contributed by atoms with Crippen molar-refractivity contribution in [3.63, 3.8) is 0 Å². The van der Waals surface area contributed by atoms with Crippen LogP contribution in [0.25, 0.3) is 0 Å². The Morgan fingerprint density at radius 2 is 1.40 bits per heavy atom. The highest BCUT2D eigenvalue weighted by molar-refractivity contribution is 7.85. The Kier molecular flexibility index (Phi) is 10.3. The molecule has 5 fully saturated rings. The molecule has 4 aliphatic carbocycles. The number of fused-ring (bicyclic) bond motifs is 6. The molecule has 45 heavy (non-hydrogen) atoms. The summed E-state index contributed by atoms with van der Waals surface area (Å²) in [6.45, 7) is 0.658. The van der Waals surface area contributed by atoms with Gasteiger partial charge >= 0.3 is 5.90 Å². The summed E-state index contributed by atoms with van der Waals surface area (Å²) < 4.78 is 83.3. The van der Waals surface area contributed by atoms with E-state index >= 15 is 0 Å². The van der Waals surface area contributed by atoms with E-state index in [4.69, 9.17) is 32.7 Å². The zero-order valence-electron chi connectivity index (χ0n) is 25.4. The summed E-state index contributed by atoms with van der Waals surface area (Å²) in [6.07, 6.45) is 12.0. The first-order chi connectivity index (χ1) is 21.4. The van der Waals surface area contributed by atoms with Crippen LogP contribution in [-0.2, 0) is 29.7 Å². The van der Waals surface area contributed by atoms with E-state index in [9.17, 15) is 25.9 Å². The third kappa shape index (κ3) is 7.59. The second kappa shape index (κ2) is 13.7. The third-order valence-corrected chi connectivity index (χ3v) is 13.6. The molecule has 0 spiro atoms. The van der Waals surface area contributed by atoms with Crippen LogP contribution in [-0.4, -0.2) is 101 Å². The molecule has 252 valence electrons. The van der Waals surface area contributed by atoms with E-state index < -0.39 is 31.7 Å². The van der Waals surface area contributed by atoms with Crippen molar-refractivity contribution >= 4 is 49.3 Å². The summed E-state index contributed by atoms with van der Waals surface area (Å²) in [5.41, 5.74) is 6.29. The Hall–Kier alpha value is -1.23. The standard InChI is InChI=1S/C31H44Cl2N2O8S2/c32-24-18-26-30(22-10-3-1-8-20(22)24)42-28(34(26)14-6-16-44(36,37)38)12-5-13-29-35(15-7-17-45(39,40)41)27-19-25(33)21-9-2-4-11-23(21)31(27)43-29/h12,20-27,30-31H,1-4,6-11,14-19H2,(H-,36,37,38,39,40,41)/p-1. The van der Waals surface area contributed by atoms with Crippen LogP contribution in [0.3, 0.4) is 0 Å². The van der Waals surface area contributed by atoms with Crippen molar-refractivity contribution in [2.75, 3.05) is 24.6 Å². The van der Waals surface area contributed by atoms with Crippen LogP contribution in [0, 0.1) is 23.7 Å². The number of hydrogen-bond acceptors (Lipinski definition) is 9. The lowest BCUT2D eigenvalue weighted by molar-refractivity contribution is -0.563. The van der Waals surface area contributed by atoms with Crippen LogP contribution in [0.1, 0.15) is 77.0 Å². The maximum atomic E-state index is 11.4. The van der Waals surface area contributed by atoms with Gasteiger partial charge in [-0.3, -0.25) is 0 Å². The fourth-order valence-corrected chi connectivity index (χ4v) is 11.1. The van der Waals surface area contributed by atoms with Gasteiger partial charge in [0.1, 0.15) is 18.7 Å². The molecule has 10 nitrogen and oxygen atoms in total. The molecule has 6 aliphatic rings. The first-order valence-corrected chi connectivity index (χ1v) is 20.5. The lowest BCUT2D eigenvalue weighted by atomic mass is 9.67. The Labute approximate surface area is 277 Å². The smallest absolute Gasteiger partial charge is 0.371 e. The van der Waals surface area contributed by atoms with E-state index in [1.165, 1.54) is 0 Å². The highest BCUT2D eigenvalue weighted by Gasteiger charge is 2.55. The predicted molar refractivity (Wildman–Crippen MR) is 167 cm³/mol. The molecular formula is C31H43Cl2N2O8S2-. The molecule has 10 unspecified atom stereocenters. The van der Waals surface area contributed by atoms with Crippen molar-refractivity contribution < 1.29 is 40.0 Å². The van der Waals surface area contributed by atoms with E-state index in [0.717, 1.165) is 51.4 Å². The van der Waals surface area contributed by atoms with E-state index in [1.54, 1.807) is 6.08 Å². The van der Waals surface area contributed by atoms with Gasteiger partial charge in [0, 0.05) is 53.5 Å². The summed E-state index contributed by atoms with van der Waals surface area (Å²) in [6, 6.07) is -0.0693. The monoisotopic (exact) mass is 705 g/mol. The van der Waals surface area contributed by atoms with Crippen molar-refractivity contribution in [1.82, 2.24) is 4.90 Å². The van der Waals surface area contributed by atoms with Gasteiger partial charge in [0.05, 0.1) is 26.3 Å². The first-order valence-electron chi connectivity index (χ1n) is 16.5. The van der Waals surface area contributed by atoms with Crippen molar-refractivity contribution in [1.29, 1.82) is 0 Å². The van der Waals surface area contributed by atoms with Gasteiger partial charge < -0.3 is 23.5 Å². The molecule has 0 aromatic rings. The van der Waals surface area contributed by atoms with Crippen molar-refractivity contribution in [3.05, 3.63) is 23.4 Å². The van der Waals surface area contributed by atoms with Crippen molar-refractivity contribution in [3.8, 4) is 0 Å². The maximum absolute atomic E-state index is 11.4. The normalized spacial score (nSPS) is 37.8. The second-order valence-electron chi connectivity index (χ2n) is 13.7. The lowest BCUT2D eigenvalue weighted by Gasteiger charge is -2.45. The van der Waals surface area contributed by atoms with Gasteiger partial charge in [0.25, 0.3) is 0 Å². The van der Waals surface area contributed by atoms with Gasteiger partial charge in [-0.2, -0.15) is 4.58 Å². The molecule has 1 saturated heterocycles. The van der Waals surface area contributed by atoms with Crippen LogP contribution < -0.4 is 0 Å². The number of alkyl halides is 2. The molecule has 10 atom stereocenters. The molecular weight excluding hydrogens is 663 g/mol. The Balaban J connectivity index is 1.31. The first kappa shape index (κ1) is 33.7. The van der Waals surface area contributed by atoms with Gasteiger partial charge in [0.15, 0.2) is 12.1 Å². The second-order valence-corrected chi connectivity index (χ2v) is 17.9. The van der Waals surface area contributed by atoms with Crippen molar-refractivity contribution in [2.45, 2.75) is 112 Å². The predicted octanol–water partition coefficient (Wildman–Crippen LogP) is 3.89. The SMILES string of the molecule is O=S(=O)([O-])CCCN1C(=C=C=CC2=[N+](CCCS(=O)(=O)[O-])C3CC(Cl)C4CCCCC4C3O2)OC2C3CCCCC3C(Cl)CC21. The fraction of sp³-hybridized carbons (Fsp3) is 0.839. The quantitative estimate of drug-likeness (QED) is 0.151. The van der Waals surface area contributed by atoms with Crippen LogP contribution in [0.5, 0.6) is 0 Å². The molecule has 2 heterocycles. The van der Waals surface area contributed by atoms with Crippen LogP contribution in [0.15, 0.2) is 23.4 Å². The summed E-state index contributed by atoms with van der Waals surface area (Å²) in [7, 11) is -8.70. The number of halogens is 2. The third-order valence-electron chi connectivity index (χ3n) is 11.0. The minimum Gasteiger partial charge on any atom is -0.748 e. The lowest BCUT2D eigenvalue weighted by Crippen LogP contribution is -2.51. The van der Waals surface area contributed by atoms with Gasteiger partial charge in [0.2, 0.25) is 5.88 Å². The average molecular weight is 707 g/mol. The number of rotatable bonds is 9.